The maximum atomic E-state index is 13.5. The Morgan fingerprint density at radius 1 is 1.33 bits per heavy atom. The molecule has 1 nitrogen and oxygen atoms in total. The summed E-state index contributed by atoms with van der Waals surface area (Å²) in [5.41, 5.74) is 4.75. The molecule has 2 heteroatoms. The zero-order valence-corrected chi connectivity index (χ0v) is 11.5. The van der Waals surface area contributed by atoms with Gasteiger partial charge in [0.05, 0.1) is 0 Å². The van der Waals surface area contributed by atoms with Gasteiger partial charge in [-0.3, -0.25) is 0 Å². The van der Waals surface area contributed by atoms with Crippen molar-refractivity contribution in [1.82, 2.24) is 4.90 Å². The van der Waals surface area contributed by atoms with Gasteiger partial charge in [-0.05, 0) is 43.0 Å². The molecule has 1 aromatic rings. The number of hydrogen-bond donors (Lipinski definition) is 0. The Labute approximate surface area is 109 Å². The SMILES string of the molecule is C=C(c1ccc(C)c(C)c1)N1CCC(F)C(C)C1. The molecule has 2 rings (SSSR count). The maximum absolute atomic E-state index is 13.5. The number of likely N-dealkylation sites (tertiary alicyclic amines) is 1. The van der Waals surface area contributed by atoms with Gasteiger partial charge in [-0.2, -0.15) is 0 Å². The summed E-state index contributed by atoms with van der Waals surface area (Å²) in [7, 11) is 0. The lowest BCUT2D eigenvalue weighted by Crippen LogP contribution is -2.38. The van der Waals surface area contributed by atoms with Crippen LogP contribution in [0.15, 0.2) is 24.8 Å². The minimum absolute atomic E-state index is 0.0991. The highest BCUT2D eigenvalue weighted by Gasteiger charge is 2.26. The first-order valence-corrected chi connectivity index (χ1v) is 6.64. The van der Waals surface area contributed by atoms with Crippen LogP contribution in [0.4, 0.5) is 4.39 Å². The lowest BCUT2D eigenvalue weighted by molar-refractivity contribution is 0.135. The van der Waals surface area contributed by atoms with Gasteiger partial charge in [0.2, 0.25) is 0 Å². The van der Waals surface area contributed by atoms with Gasteiger partial charge < -0.3 is 4.90 Å². The van der Waals surface area contributed by atoms with Gasteiger partial charge in [0, 0.05) is 24.7 Å². The summed E-state index contributed by atoms with van der Waals surface area (Å²) >= 11 is 0. The molecule has 98 valence electrons. The number of halogens is 1. The predicted molar refractivity (Wildman–Crippen MR) is 75.2 cm³/mol. The van der Waals surface area contributed by atoms with Crippen LogP contribution in [0, 0.1) is 19.8 Å². The Bertz CT molecular complexity index is 452. The molecule has 0 radical (unpaired) electrons. The molecule has 0 aromatic heterocycles. The van der Waals surface area contributed by atoms with Gasteiger partial charge in [-0.15, -0.1) is 0 Å². The molecule has 1 aliphatic heterocycles. The third-order valence-electron chi connectivity index (χ3n) is 4.02. The number of alkyl halides is 1. The maximum Gasteiger partial charge on any atom is 0.106 e. The highest BCUT2D eigenvalue weighted by atomic mass is 19.1. The number of benzene rings is 1. The van der Waals surface area contributed by atoms with Crippen molar-refractivity contribution in [3.8, 4) is 0 Å². The molecule has 1 aromatic carbocycles. The van der Waals surface area contributed by atoms with Crippen molar-refractivity contribution < 1.29 is 4.39 Å². The van der Waals surface area contributed by atoms with Crippen LogP contribution in [-0.4, -0.2) is 24.2 Å². The third-order valence-corrected chi connectivity index (χ3v) is 4.02. The van der Waals surface area contributed by atoms with Crippen LogP contribution in [0.5, 0.6) is 0 Å². The summed E-state index contributed by atoms with van der Waals surface area (Å²) in [5.74, 6) is 0.0991. The van der Waals surface area contributed by atoms with Crippen molar-refractivity contribution in [3.63, 3.8) is 0 Å². The number of aryl methyl sites for hydroxylation is 2. The van der Waals surface area contributed by atoms with Crippen LogP contribution in [0.2, 0.25) is 0 Å². The monoisotopic (exact) mass is 247 g/mol. The summed E-state index contributed by atoms with van der Waals surface area (Å²) in [6.45, 7) is 11.9. The fraction of sp³-hybridized carbons (Fsp3) is 0.500. The molecule has 0 bridgehead atoms. The van der Waals surface area contributed by atoms with Gasteiger partial charge in [-0.25, -0.2) is 4.39 Å². The second-order valence-electron chi connectivity index (χ2n) is 5.47. The Kier molecular flexibility index (Phi) is 3.74. The molecule has 0 amide bonds. The summed E-state index contributed by atoms with van der Waals surface area (Å²) in [5, 5.41) is 0. The summed E-state index contributed by atoms with van der Waals surface area (Å²) in [6, 6.07) is 6.40. The molecule has 1 saturated heterocycles. The van der Waals surface area contributed by atoms with E-state index >= 15 is 0 Å². The summed E-state index contributed by atoms with van der Waals surface area (Å²) in [4.78, 5) is 2.21. The van der Waals surface area contributed by atoms with Crippen LogP contribution >= 0.6 is 0 Å². The summed E-state index contributed by atoms with van der Waals surface area (Å²) in [6.07, 6.45) is -0.0424. The van der Waals surface area contributed by atoms with Crippen LogP contribution in [0.1, 0.15) is 30.0 Å². The number of rotatable bonds is 2. The van der Waals surface area contributed by atoms with E-state index in [2.05, 4.69) is 43.5 Å². The van der Waals surface area contributed by atoms with E-state index in [1.165, 1.54) is 11.1 Å². The van der Waals surface area contributed by atoms with Crippen molar-refractivity contribution in [1.29, 1.82) is 0 Å². The van der Waals surface area contributed by atoms with Crippen molar-refractivity contribution in [2.75, 3.05) is 13.1 Å². The molecule has 1 aliphatic rings. The van der Waals surface area contributed by atoms with Gasteiger partial charge in [-0.1, -0.05) is 25.6 Å². The minimum Gasteiger partial charge on any atom is -0.371 e. The number of hydrogen-bond acceptors (Lipinski definition) is 1. The van der Waals surface area contributed by atoms with Crippen molar-refractivity contribution in [3.05, 3.63) is 41.5 Å². The highest BCUT2D eigenvalue weighted by Crippen LogP contribution is 2.27. The van der Waals surface area contributed by atoms with Crippen LogP contribution in [-0.2, 0) is 0 Å². The fourth-order valence-corrected chi connectivity index (χ4v) is 2.47. The van der Waals surface area contributed by atoms with Gasteiger partial charge in [0.15, 0.2) is 0 Å². The van der Waals surface area contributed by atoms with E-state index in [1.807, 2.05) is 6.92 Å². The predicted octanol–water partition coefficient (Wildman–Crippen LogP) is 3.95. The van der Waals surface area contributed by atoms with Crippen molar-refractivity contribution >= 4 is 5.70 Å². The van der Waals surface area contributed by atoms with E-state index < -0.39 is 6.17 Å². The standard InChI is InChI=1S/C16H22FN/c1-11-5-6-15(9-12(11)2)14(4)18-8-7-16(17)13(3)10-18/h5-6,9,13,16H,4,7-8,10H2,1-3H3. The average Bonchev–Trinajstić information content (AvgIpc) is 2.35. The Hall–Kier alpha value is -1.31. The quantitative estimate of drug-likeness (QED) is 0.764. The lowest BCUT2D eigenvalue weighted by Gasteiger charge is -2.36. The van der Waals surface area contributed by atoms with Gasteiger partial charge in [0.1, 0.15) is 6.17 Å². The Morgan fingerprint density at radius 2 is 2.06 bits per heavy atom. The summed E-state index contributed by atoms with van der Waals surface area (Å²) < 4.78 is 13.5. The molecule has 0 spiro atoms. The molecule has 1 fully saturated rings. The van der Waals surface area contributed by atoms with Crippen LogP contribution in [0.3, 0.4) is 0 Å². The second kappa shape index (κ2) is 5.13. The number of piperidine rings is 1. The first kappa shape index (κ1) is 13.1. The third kappa shape index (κ3) is 2.58. The molecule has 2 atom stereocenters. The molecule has 0 N–H and O–H groups in total. The highest BCUT2D eigenvalue weighted by molar-refractivity contribution is 5.63. The van der Waals surface area contributed by atoms with E-state index in [0.717, 1.165) is 24.4 Å². The lowest BCUT2D eigenvalue weighted by atomic mass is 9.96. The normalized spacial score (nSPS) is 24.1. The molecule has 0 saturated carbocycles. The molecule has 2 unspecified atom stereocenters. The first-order valence-electron chi connectivity index (χ1n) is 6.64. The van der Waals surface area contributed by atoms with Crippen LogP contribution in [0.25, 0.3) is 5.70 Å². The minimum atomic E-state index is -0.659. The zero-order chi connectivity index (χ0) is 13.3. The number of nitrogens with zero attached hydrogens (tertiary/aromatic N) is 1. The van der Waals surface area contributed by atoms with Gasteiger partial charge in [0.25, 0.3) is 0 Å². The largest absolute Gasteiger partial charge is 0.371 e. The van der Waals surface area contributed by atoms with E-state index in [1.54, 1.807) is 0 Å². The Morgan fingerprint density at radius 3 is 2.67 bits per heavy atom. The smallest absolute Gasteiger partial charge is 0.106 e. The van der Waals surface area contributed by atoms with E-state index in [0.29, 0.717) is 6.42 Å². The molecular weight excluding hydrogens is 225 g/mol. The molecular formula is C16H22FN. The average molecular weight is 247 g/mol. The molecule has 0 aliphatic carbocycles. The molecule has 1 heterocycles. The van der Waals surface area contributed by atoms with Gasteiger partial charge >= 0.3 is 0 Å². The van der Waals surface area contributed by atoms with Crippen molar-refractivity contribution in [2.24, 2.45) is 5.92 Å². The molecule has 18 heavy (non-hydrogen) atoms. The van der Waals surface area contributed by atoms with Crippen LogP contribution < -0.4 is 0 Å². The first-order chi connectivity index (χ1) is 8.49. The van der Waals surface area contributed by atoms with E-state index in [4.69, 9.17) is 0 Å². The van der Waals surface area contributed by atoms with E-state index in [-0.39, 0.29) is 5.92 Å². The second-order valence-corrected chi connectivity index (χ2v) is 5.47. The fourth-order valence-electron chi connectivity index (χ4n) is 2.47. The Balaban J connectivity index is 2.14. The van der Waals surface area contributed by atoms with E-state index in [9.17, 15) is 4.39 Å². The topological polar surface area (TPSA) is 3.24 Å². The van der Waals surface area contributed by atoms with Crippen molar-refractivity contribution in [2.45, 2.75) is 33.4 Å². The zero-order valence-electron chi connectivity index (χ0n) is 11.5.